The molecule has 0 saturated heterocycles. The average molecular weight is 215 g/mol. The Morgan fingerprint density at radius 2 is 2.00 bits per heavy atom. The second kappa shape index (κ2) is 3.04. The molecule has 5 heteroatoms. The zero-order chi connectivity index (χ0) is 11.3. The fraction of sp³-hybridized carbons (Fsp3) is 0.364. The quantitative estimate of drug-likeness (QED) is 0.691. The van der Waals surface area contributed by atoms with Gasteiger partial charge < -0.3 is 5.73 Å². The van der Waals surface area contributed by atoms with Crippen LogP contribution in [0.4, 0.5) is 5.95 Å². The van der Waals surface area contributed by atoms with Crippen molar-refractivity contribution in [2.24, 2.45) is 0 Å². The van der Waals surface area contributed by atoms with Crippen molar-refractivity contribution >= 4 is 5.95 Å². The summed E-state index contributed by atoms with van der Waals surface area (Å²) in [5.41, 5.74) is 12.1. The number of aromatic amines is 1. The van der Waals surface area contributed by atoms with E-state index >= 15 is 0 Å². The van der Waals surface area contributed by atoms with Gasteiger partial charge in [0.2, 0.25) is 5.95 Å². The molecular formula is C11H13N5. The Hall–Kier alpha value is -1.91. The van der Waals surface area contributed by atoms with Crippen molar-refractivity contribution in [1.29, 1.82) is 0 Å². The van der Waals surface area contributed by atoms with E-state index in [0.29, 0.717) is 5.95 Å². The van der Waals surface area contributed by atoms with Crippen LogP contribution in [-0.4, -0.2) is 20.2 Å². The summed E-state index contributed by atoms with van der Waals surface area (Å²) in [6.07, 6.45) is 1.89. The lowest BCUT2D eigenvalue weighted by molar-refractivity contribution is 0.855. The third-order valence-electron chi connectivity index (χ3n) is 3.10. The van der Waals surface area contributed by atoms with Crippen LogP contribution in [0.1, 0.15) is 22.6 Å². The zero-order valence-electron chi connectivity index (χ0n) is 9.33. The van der Waals surface area contributed by atoms with Crippen molar-refractivity contribution in [2.45, 2.75) is 26.7 Å². The summed E-state index contributed by atoms with van der Waals surface area (Å²) in [4.78, 5) is 8.57. The molecular weight excluding hydrogens is 202 g/mol. The molecule has 0 aromatic carbocycles. The van der Waals surface area contributed by atoms with Crippen molar-refractivity contribution in [3.63, 3.8) is 0 Å². The molecule has 0 fully saturated rings. The number of nitrogens with two attached hydrogens (primary N) is 1. The highest BCUT2D eigenvalue weighted by Crippen LogP contribution is 2.34. The van der Waals surface area contributed by atoms with Gasteiger partial charge in [0.25, 0.3) is 0 Å². The zero-order valence-corrected chi connectivity index (χ0v) is 9.33. The van der Waals surface area contributed by atoms with Gasteiger partial charge in [0.1, 0.15) is 0 Å². The van der Waals surface area contributed by atoms with Crippen LogP contribution in [0, 0.1) is 13.8 Å². The summed E-state index contributed by atoms with van der Waals surface area (Å²) < 4.78 is 0. The Morgan fingerprint density at radius 1 is 1.19 bits per heavy atom. The third kappa shape index (κ3) is 1.14. The van der Waals surface area contributed by atoms with E-state index < -0.39 is 0 Å². The van der Waals surface area contributed by atoms with E-state index in [2.05, 4.69) is 20.2 Å². The minimum atomic E-state index is 0.338. The van der Waals surface area contributed by atoms with Gasteiger partial charge in [-0.1, -0.05) is 0 Å². The number of aryl methyl sites for hydroxylation is 3. The van der Waals surface area contributed by atoms with Crippen LogP contribution >= 0.6 is 0 Å². The summed E-state index contributed by atoms with van der Waals surface area (Å²) in [5, 5.41) is 7.30. The van der Waals surface area contributed by atoms with Gasteiger partial charge in [-0.25, -0.2) is 9.97 Å². The summed E-state index contributed by atoms with van der Waals surface area (Å²) >= 11 is 0. The van der Waals surface area contributed by atoms with E-state index in [1.54, 1.807) is 0 Å². The molecule has 0 amide bonds. The lowest BCUT2D eigenvalue weighted by atomic mass is 9.92. The van der Waals surface area contributed by atoms with Crippen LogP contribution in [0.3, 0.4) is 0 Å². The normalized spacial score (nSPS) is 13.4. The maximum absolute atomic E-state index is 5.71. The third-order valence-corrected chi connectivity index (χ3v) is 3.10. The lowest BCUT2D eigenvalue weighted by Crippen LogP contribution is -2.11. The lowest BCUT2D eigenvalue weighted by Gasteiger charge is -2.17. The number of H-pyrrole nitrogens is 1. The molecule has 5 nitrogen and oxygen atoms in total. The molecule has 0 spiro atoms. The van der Waals surface area contributed by atoms with E-state index in [1.807, 2.05) is 13.8 Å². The number of hydrogen-bond donors (Lipinski definition) is 2. The molecule has 3 rings (SSSR count). The van der Waals surface area contributed by atoms with Crippen LogP contribution in [0.2, 0.25) is 0 Å². The summed E-state index contributed by atoms with van der Waals surface area (Å²) in [7, 11) is 0. The fourth-order valence-electron chi connectivity index (χ4n) is 2.34. The standard InChI is InChI=1S/C11H13N5/c1-5-7-3-4-8-9(6(2)15-16-8)10(7)14-11(12)13-5/h3-4H2,1-2H3,(H,15,16)(H2,12,13,14). The first-order chi connectivity index (χ1) is 7.66. The Kier molecular flexibility index (Phi) is 1.77. The number of anilines is 1. The Balaban J connectivity index is 2.35. The predicted molar refractivity (Wildman–Crippen MR) is 60.9 cm³/mol. The number of nitrogens with zero attached hydrogens (tertiary/aromatic N) is 3. The second-order valence-corrected chi connectivity index (χ2v) is 4.16. The van der Waals surface area contributed by atoms with E-state index in [-0.39, 0.29) is 0 Å². The number of aromatic nitrogens is 4. The highest BCUT2D eigenvalue weighted by atomic mass is 15.1. The fourth-order valence-corrected chi connectivity index (χ4v) is 2.34. The van der Waals surface area contributed by atoms with Gasteiger partial charge in [0, 0.05) is 22.5 Å². The first-order valence-electron chi connectivity index (χ1n) is 5.34. The van der Waals surface area contributed by atoms with Gasteiger partial charge in [0.05, 0.1) is 11.4 Å². The van der Waals surface area contributed by atoms with Gasteiger partial charge in [-0.2, -0.15) is 5.10 Å². The topological polar surface area (TPSA) is 80.5 Å². The Bertz CT molecular complexity index is 570. The Morgan fingerprint density at radius 3 is 2.81 bits per heavy atom. The number of nitrogen functional groups attached to an aromatic ring is 1. The molecule has 0 unspecified atom stereocenters. The minimum Gasteiger partial charge on any atom is -0.368 e. The molecule has 1 aliphatic rings. The highest BCUT2D eigenvalue weighted by Gasteiger charge is 2.24. The van der Waals surface area contributed by atoms with Gasteiger partial charge >= 0.3 is 0 Å². The van der Waals surface area contributed by atoms with Crippen molar-refractivity contribution in [3.8, 4) is 11.3 Å². The maximum atomic E-state index is 5.71. The van der Waals surface area contributed by atoms with Crippen LogP contribution in [0.15, 0.2) is 0 Å². The van der Waals surface area contributed by atoms with Crippen LogP contribution in [-0.2, 0) is 12.8 Å². The molecule has 0 atom stereocenters. The monoisotopic (exact) mass is 215 g/mol. The van der Waals surface area contributed by atoms with E-state index in [4.69, 9.17) is 5.73 Å². The first kappa shape index (κ1) is 9.33. The van der Waals surface area contributed by atoms with Gasteiger partial charge in [-0.3, -0.25) is 5.10 Å². The molecule has 2 aromatic heterocycles. The summed E-state index contributed by atoms with van der Waals surface area (Å²) in [6, 6.07) is 0. The first-order valence-corrected chi connectivity index (χ1v) is 5.34. The number of rotatable bonds is 0. The van der Waals surface area contributed by atoms with Crippen molar-refractivity contribution in [2.75, 3.05) is 5.73 Å². The molecule has 3 N–H and O–H groups in total. The molecule has 0 aliphatic heterocycles. The van der Waals surface area contributed by atoms with Crippen LogP contribution < -0.4 is 5.73 Å². The van der Waals surface area contributed by atoms with Gasteiger partial charge in [-0.15, -0.1) is 0 Å². The largest absolute Gasteiger partial charge is 0.368 e. The van der Waals surface area contributed by atoms with Crippen molar-refractivity contribution < 1.29 is 0 Å². The molecule has 2 heterocycles. The van der Waals surface area contributed by atoms with Gasteiger partial charge in [-0.05, 0) is 26.7 Å². The van der Waals surface area contributed by atoms with E-state index in [9.17, 15) is 0 Å². The maximum Gasteiger partial charge on any atom is 0.220 e. The molecule has 16 heavy (non-hydrogen) atoms. The molecule has 0 radical (unpaired) electrons. The molecule has 2 aromatic rings. The average Bonchev–Trinajstić information content (AvgIpc) is 2.60. The van der Waals surface area contributed by atoms with Crippen molar-refractivity contribution in [1.82, 2.24) is 20.2 Å². The predicted octanol–water partition coefficient (Wildman–Crippen LogP) is 1.16. The number of nitrogens with one attached hydrogen (secondary N) is 1. The van der Waals surface area contributed by atoms with Crippen LogP contribution in [0.5, 0.6) is 0 Å². The Labute approximate surface area is 93.1 Å². The molecule has 0 bridgehead atoms. The molecule has 82 valence electrons. The van der Waals surface area contributed by atoms with Gasteiger partial charge in [0.15, 0.2) is 0 Å². The van der Waals surface area contributed by atoms with E-state index in [0.717, 1.165) is 41.2 Å². The van der Waals surface area contributed by atoms with Crippen LogP contribution in [0.25, 0.3) is 11.3 Å². The minimum absolute atomic E-state index is 0.338. The number of hydrogen-bond acceptors (Lipinski definition) is 4. The number of fused-ring (bicyclic) bond motifs is 3. The SMILES string of the molecule is Cc1nc(N)nc2c1CCc1n[nH]c(C)c1-2. The summed E-state index contributed by atoms with van der Waals surface area (Å²) in [6.45, 7) is 3.99. The van der Waals surface area contributed by atoms with Crippen molar-refractivity contribution in [3.05, 3.63) is 22.6 Å². The van der Waals surface area contributed by atoms with E-state index in [1.165, 1.54) is 5.56 Å². The summed E-state index contributed by atoms with van der Waals surface area (Å²) in [5.74, 6) is 0.338. The smallest absolute Gasteiger partial charge is 0.220 e. The molecule has 0 saturated carbocycles. The molecule has 1 aliphatic carbocycles. The highest BCUT2D eigenvalue weighted by molar-refractivity contribution is 5.71. The second-order valence-electron chi connectivity index (χ2n) is 4.16.